The van der Waals surface area contributed by atoms with Crippen molar-refractivity contribution in [1.82, 2.24) is 9.97 Å². The zero-order valence-corrected chi connectivity index (χ0v) is 9.19. The molecular weight excluding hydrogens is 226 g/mol. The van der Waals surface area contributed by atoms with Crippen molar-refractivity contribution in [2.45, 2.75) is 6.61 Å². The van der Waals surface area contributed by atoms with Crippen molar-refractivity contribution in [1.29, 1.82) is 0 Å². The number of nitrogens with two attached hydrogens (primary N) is 1. The quantitative estimate of drug-likeness (QED) is 0.887. The highest BCUT2D eigenvalue weighted by Crippen LogP contribution is 2.16. The number of aromatic nitrogens is 2. The summed E-state index contributed by atoms with van der Waals surface area (Å²) in [7, 11) is 0. The maximum atomic E-state index is 5.97. The summed E-state index contributed by atoms with van der Waals surface area (Å²) in [5.74, 6) is 0. The van der Waals surface area contributed by atoms with Gasteiger partial charge < -0.3 is 10.5 Å². The van der Waals surface area contributed by atoms with E-state index in [9.17, 15) is 0 Å². The Morgan fingerprint density at radius 1 is 1.19 bits per heavy atom. The standard InChI is InChI=1S/C11H10ClN3O/c12-10-4-2-1-3-8(10)7-16-11-14-5-9(13)6-15-11/h1-6H,7,13H2. The molecule has 16 heavy (non-hydrogen) atoms. The molecule has 0 saturated heterocycles. The maximum absolute atomic E-state index is 5.97. The van der Waals surface area contributed by atoms with Gasteiger partial charge in [-0.05, 0) is 6.07 Å². The van der Waals surface area contributed by atoms with E-state index >= 15 is 0 Å². The Labute approximate surface area is 98.0 Å². The minimum Gasteiger partial charge on any atom is -0.459 e. The SMILES string of the molecule is Nc1cnc(OCc2ccccc2Cl)nc1. The van der Waals surface area contributed by atoms with Gasteiger partial charge in [0.2, 0.25) is 0 Å². The highest BCUT2D eigenvalue weighted by atomic mass is 35.5. The lowest BCUT2D eigenvalue weighted by Gasteiger charge is -2.05. The van der Waals surface area contributed by atoms with E-state index in [4.69, 9.17) is 22.1 Å². The van der Waals surface area contributed by atoms with Gasteiger partial charge in [-0.3, -0.25) is 0 Å². The minimum absolute atomic E-state index is 0.286. The summed E-state index contributed by atoms with van der Waals surface area (Å²) in [6, 6.07) is 7.75. The number of nitrogens with zero attached hydrogens (tertiary/aromatic N) is 2. The Hall–Kier alpha value is -1.81. The number of halogens is 1. The molecule has 5 heteroatoms. The highest BCUT2D eigenvalue weighted by Gasteiger charge is 2.01. The average molecular weight is 236 g/mol. The summed E-state index contributed by atoms with van der Waals surface area (Å²) >= 11 is 5.97. The number of rotatable bonds is 3. The van der Waals surface area contributed by atoms with Crippen LogP contribution >= 0.6 is 11.6 Å². The molecule has 1 heterocycles. The number of hydrogen-bond acceptors (Lipinski definition) is 4. The van der Waals surface area contributed by atoms with Crippen molar-refractivity contribution in [3.05, 3.63) is 47.2 Å². The van der Waals surface area contributed by atoms with Crippen molar-refractivity contribution in [2.75, 3.05) is 5.73 Å². The molecule has 2 aromatic rings. The topological polar surface area (TPSA) is 61.0 Å². The van der Waals surface area contributed by atoms with Gasteiger partial charge in [0.15, 0.2) is 0 Å². The third kappa shape index (κ3) is 2.61. The van der Waals surface area contributed by atoms with Crippen LogP contribution in [0.5, 0.6) is 6.01 Å². The van der Waals surface area contributed by atoms with E-state index in [1.165, 1.54) is 12.4 Å². The zero-order valence-electron chi connectivity index (χ0n) is 8.43. The van der Waals surface area contributed by atoms with Crippen molar-refractivity contribution in [3.63, 3.8) is 0 Å². The first-order chi connectivity index (χ1) is 7.75. The fourth-order valence-electron chi connectivity index (χ4n) is 1.16. The molecule has 2 rings (SSSR count). The average Bonchev–Trinajstić information content (AvgIpc) is 2.30. The van der Waals surface area contributed by atoms with Crippen molar-refractivity contribution >= 4 is 17.3 Å². The smallest absolute Gasteiger partial charge is 0.316 e. The van der Waals surface area contributed by atoms with E-state index in [1.54, 1.807) is 0 Å². The van der Waals surface area contributed by atoms with Crippen LogP contribution in [0.3, 0.4) is 0 Å². The summed E-state index contributed by atoms with van der Waals surface area (Å²) < 4.78 is 5.37. The Morgan fingerprint density at radius 2 is 1.88 bits per heavy atom. The molecule has 0 saturated carbocycles. The third-order valence-electron chi connectivity index (χ3n) is 1.96. The van der Waals surface area contributed by atoms with E-state index in [0.717, 1.165) is 5.56 Å². The molecule has 0 aliphatic rings. The van der Waals surface area contributed by atoms with Gasteiger partial charge in [-0.1, -0.05) is 29.8 Å². The highest BCUT2D eigenvalue weighted by molar-refractivity contribution is 6.31. The first-order valence-corrected chi connectivity index (χ1v) is 5.07. The van der Waals surface area contributed by atoms with Gasteiger partial charge in [0.1, 0.15) is 6.61 Å². The van der Waals surface area contributed by atoms with Crippen LogP contribution in [-0.2, 0) is 6.61 Å². The first kappa shape index (κ1) is 10.7. The molecule has 2 N–H and O–H groups in total. The van der Waals surface area contributed by atoms with Gasteiger partial charge in [0.25, 0.3) is 0 Å². The van der Waals surface area contributed by atoms with E-state index in [1.807, 2.05) is 24.3 Å². The van der Waals surface area contributed by atoms with Crippen LogP contribution in [0.4, 0.5) is 5.69 Å². The van der Waals surface area contributed by atoms with Gasteiger partial charge in [-0.15, -0.1) is 0 Å². The molecule has 1 aromatic heterocycles. The molecular formula is C11H10ClN3O. The normalized spacial score (nSPS) is 10.1. The third-order valence-corrected chi connectivity index (χ3v) is 2.33. The Balaban J connectivity index is 2.02. The van der Waals surface area contributed by atoms with Gasteiger partial charge in [-0.2, -0.15) is 0 Å². The second-order valence-corrected chi connectivity index (χ2v) is 3.59. The molecule has 4 nitrogen and oxygen atoms in total. The number of nitrogen functional groups attached to an aromatic ring is 1. The van der Waals surface area contributed by atoms with Crippen molar-refractivity contribution in [3.8, 4) is 6.01 Å². The molecule has 0 fully saturated rings. The van der Waals surface area contributed by atoms with Crippen LogP contribution < -0.4 is 10.5 Å². The Morgan fingerprint density at radius 3 is 2.56 bits per heavy atom. The van der Waals surface area contributed by atoms with Crippen LogP contribution in [-0.4, -0.2) is 9.97 Å². The lowest BCUT2D eigenvalue weighted by Crippen LogP contribution is -2.00. The van der Waals surface area contributed by atoms with E-state index in [0.29, 0.717) is 17.3 Å². The number of hydrogen-bond donors (Lipinski definition) is 1. The number of anilines is 1. The van der Waals surface area contributed by atoms with Crippen LogP contribution in [0.25, 0.3) is 0 Å². The predicted molar refractivity (Wildman–Crippen MR) is 62.2 cm³/mol. The van der Waals surface area contributed by atoms with Crippen LogP contribution in [0.1, 0.15) is 5.56 Å². The van der Waals surface area contributed by atoms with Crippen LogP contribution in [0.15, 0.2) is 36.7 Å². The van der Waals surface area contributed by atoms with Crippen molar-refractivity contribution in [2.24, 2.45) is 0 Å². The summed E-state index contributed by atoms with van der Waals surface area (Å²) in [6.07, 6.45) is 2.99. The van der Waals surface area contributed by atoms with Gasteiger partial charge in [-0.25, -0.2) is 9.97 Å². The fourth-order valence-corrected chi connectivity index (χ4v) is 1.35. The molecule has 0 radical (unpaired) electrons. The van der Waals surface area contributed by atoms with Gasteiger partial charge in [0.05, 0.1) is 18.1 Å². The number of ether oxygens (including phenoxy) is 1. The zero-order chi connectivity index (χ0) is 11.4. The Bertz CT molecular complexity index is 473. The van der Waals surface area contributed by atoms with Crippen molar-refractivity contribution < 1.29 is 4.74 Å². The molecule has 0 amide bonds. The predicted octanol–water partition coefficient (Wildman–Crippen LogP) is 2.29. The molecule has 1 aromatic carbocycles. The second-order valence-electron chi connectivity index (χ2n) is 3.18. The Kier molecular flexibility index (Phi) is 3.22. The molecule has 0 aliphatic heterocycles. The second kappa shape index (κ2) is 4.81. The van der Waals surface area contributed by atoms with Gasteiger partial charge >= 0.3 is 6.01 Å². The summed E-state index contributed by atoms with van der Waals surface area (Å²) in [5, 5.41) is 0.665. The van der Waals surface area contributed by atoms with E-state index < -0.39 is 0 Å². The number of benzene rings is 1. The van der Waals surface area contributed by atoms with Crippen LogP contribution in [0.2, 0.25) is 5.02 Å². The first-order valence-electron chi connectivity index (χ1n) is 4.69. The molecule has 0 bridgehead atoms. The lowest BCUT2D eigenvalue weighted by molar-refractivity contribution is 0.281. The fraction of sp³-hybridized carbons (Fsp3) is 0.0909. The molecule has 0 spiro atoms. The minimum atomic E-state index is 0.286. The summed E-state index contributed by atoms with van der Waals surface area (Å²) in [4.78, 5) is 7.84. The molecule has 0 unspecified atom stereocenters. The lowest BCUT2D eigenvalue weighted by atomic mass is 10.2. The molecule has 0 aliphatic carbocycles. The van der Waals surface area contributed by atoms with Gasteiger partial charge in [0, 0.05) is 10.6 Å². The van der Waals surface area contributed by atoms with E-state index in [-0.39, 0.29) is 6.01 Å². The van der Waals surface area contributed by atoms with Crippen LogP contribution in [0, 0.1) is 0 Å². The molecule has 82 valence electrons. The summed E-state index contributed by atoms with van der Waals surface area (Å²) in [6.45, 7) is 0.337. The summed E-state index contributed by atoms with van der Waals surface area (Å²) in [5.41, 5.74) is 6.85. The maximum Gasteiger partial charge on any atom is 0.316 e. The van der Waals surface area contributed by atoms with E-state index in [2.05, 4.69) is 9.97 Å². The molecule has 0 atom stereocenters. The largest absolute Gasteiger partial charge is 0.459 e. The monoisotopic (exact) mass is 235 g/mol.